The Hall–Kier alpha value is -2.91. The fraction of sp³-hybridized carbons (Fsp3) is 0.435. The van der Waals surface area contributed by atoms with Crippen LogP contribution in [-0.4, -0.2) is 80.4 Å². The van der Waals surface area contributed by atoms with Gasteiger partial charge in [-0.25, -0.2) is 0 Å². The van der Waals surface area contributed by atoms with Crippen molar-refractivity contribution >= 4 is 34.7 Å². The summed E-state index contributed by atoms with van der Waals surface area (Å²) in [6.07, 6.45) is 0.224. The summed E-state index contributed by atoms with van der Waals surface area (Å²) in [6, 6.07) is 11.0. The van der Waals surface area contributed by atoms with Crippen LogP contribution >= 0.6 is 11.3 Å². The van der Waals surface area contributed by atoms with Crippen LogP contribution < -0.4 is 15.0 Å². The van der Waals surface area contributed by atoms with E-state index in [-0.39, 0.29) is 30.1 Å². The molecule has 1 unspecified atom stereocenters. The molecular weight excluding hydrogens is 428 g/mol. The quantitative estimate of drug-likeness (QED) is 0.686. The van der Waals surface area contributed by atoms with Gasteiger partial charge in [-0.3, -0.25) is 19.3 Å². The largest absolute Gasteiger partial charge is 0.497 e. The average Bonchev–Trinajstić information content (AvgIpc) is 3.49. The number of methoxy groups -OCH3 is 1. The van der Waals surface area contributed by atoms with Crippen molar-refractivity contribution in [1.29, 1.82) is 0 Å². The summed E-state index contributed by atoms with van der Waals surface area (Å²) >= 11 is 1.47. The molecule has 0 aliphatic carbocycles. The molecule has 0 spiro atoms. The summed E-state index contributed by atoms with van der Waals surface area (Å²) in [6.45, 7) is 4.62. The number of benzene rings is 1. The Morgan fingerprint density at radius 2 is 1.88 bits per heavy atom. The van der Waals surface area contributed by atoms with Crippen molar-refractivity contribution in [2.24, 2.45) is 5.92 Å². The fourth-order valence-corrected chi connectivity index (χ4v) is 4.80. The summed E-state index contributed by atoms with van der Waals surface area (Å²) < 4.78 is 5.16. The van der Waals surface area contributed by atoms with E-state index in [1.54, 1.807) is 12.0 Å². The molecule has 0 radical (unpaired) electrons. The highest BCUT2D eigenvalue weighted by molar-refractivity contribution is 7.12. The van der Waals surface area contributed by atoms with Crippen LogP contribution in [0.4, 0.5) is 5.69 Å². The molecule has 1 aromatic heterocycles. The predicted molar refractivity (Wildman–Crippen MR) is 123 cm³/mol. The van der Waals surface area contributed by atoms with Crippen LogP contribution in [0.15, 0.2) is 41.8 Å². The Balaban J connectivity index is 1.18. The smallest absolute Gasteiger partial charge is 0.264 e. The zero-order chi connectivity index (χ0) is 22.5. The van der Waals surface area contributed by atoms with Crippen LogP contribution in [0.3, 0.4) is 0 Å². The van der Waals surface area contributed by atoms with Crippen LogP contribution in [0.5, 0.6) is 5.75 Å². The minimum absolute atomic E-state index is 0.0400. The molecule has 2 aliphatic rings. The van der Waals surface area contributed by atoms with Crippen molar-refractivity contribution in [3.8, 4) is 5.75 Å². The second kappa shape index (κ2) is 10.1. The number of carbonyl (C=O) groups is 3. The number of thiophene rings is 1. The number of amides is 3. The van der Waals surface area contributed by atoms with Crippen molar-refractivity contribution in [3.05, 3.63) is 46.7 Å². The van der Waals surface area contributed by atoms with Gasteiger partial charge in [0, 0.05) is 57.9 Å². The first kappa shape index (κ1) is 22.3. The van der Waals surface area contributed by atoms with Gasteiger partial charge in [0.15, 0.2) is 0 Å². The van der Waals surface area contributed by atoms with Gasteiger partial charge >= 0.3 is 0 Å². The second-order valence-electron chi connectivity index (χ2n) is 8.01. The van der Waals surface area contributed by atoms with E-state index in [0.29, 0.717) is 26.2 Å². The summed E-state index contributed by atoms with van der Waals surface area (Å²) in [5.74, 6) is 0.360. The monoisotopic (exact) mass is 456 g/mol. The van der Waals surface area contributed by atoms with Crippen LogP contribution in [0.2, 0.25) is 0 Å². The zero-order valence-electron chi connectivity index (χ0n) is 18.2. The van der Waals surface area contributed by atoms with Crippen LogP contribution in [0, 0.1) is 5.92 Å². The molecule has 2 fully saturated rings. The second-order valence-corrected chi connectivity index (χ2v) is 8.95. The molecule has 32 heavy (non-hydrogen) atoms. The van der Waals surface area contributed by atoms with Gasteiger partial charge in [-0.15, -0.1) is 11.3 Å². The van der Waals surface area contributed by atoms with E-state index in [2.05, 4.69) is 10.2 Å². The molecule has 8 nitrogen and oxygen atoms in total. The molecule has 2 aromatic rings. The average molecular weight is 457 g/mol. The van der Waals surface area contributed by atoms with E-state index in [9.17, 15) is 14.4 Å². The van der Waals surface area contributed by atoms with Gasteiger partial charge in [-0.1, -0.05) is 6.07 Å². The molecule has 0 saturated carbocycles. The molecule has 0 bridgehead atoms. The Morgan fingerprint density at radius 1 is 1.12 bits per heavy atom. The maximum absolute atomic E-state index is 12.6. The molecular formula is C23H28N4O4S. The highest BCUT2D eigenvalue weighted by Crippen LogP contribution is 2.26. The lowest BCUT2D eigenvalue weighted by Crippen LogP contribution is -2.50. The topological polar surface area (TPSA) is 82.2 Å². The third kappa shape index (κ3) is 5.11. The lowest BCUT2D eigenvalue weighted by atomic mass is 10.1. The molecule has 1 N–H and O–H groups in total. The van der Waals surface area contributed by atoms with Gasteiger partial charge in [0.25, 0.3) is 5.91 Å². The van der Waals surface area contributed by atoms with E-state index in [0.717, 1.165) is 35.9 Å². The lowest BCUT2D eigenvalue weighted by molar-refractivity contribution is -0.126. The molecule has 170 valence electrons. The van der Waals surface area contributed by atoms with Gasteiger partial charge in [0.2, 0.25) is 11.8 Å². The van der Waals surface area contributed by atoms with Gasteiger partial charge < -0.3 is 19.9 Å². The van der Waals surface area contributed by atoms with Crippen molar-refractivity contribution < 1.29 is 19.1 Å². The van der Waals surface area contributed by atoms with Crippen molar-refractivity contribution in [2.45, 2.75) is 6.42 Å². The molecule has 3 heterocycles. The molecule has 2 saturated heterocycles. The van der Waals surface area contributed by atoms with E-state index < -0.39 is 0 Å². The highest BCUT2D eigenvalue weighted by Gasteiger charge is 2.35. The molecule has 2 aliphatic heterocycles. The van der Waals surface area contributed by atoms with Gasteiger partial charge in [-0.05, 0) is 35.7 Å². The number of carbonyl (C=O) groups excluding carboxylic acids is 3. The van der Waals surface area contributed by atoms with E-state index >= 15 is 0 Å². The first-order valence-electron chi connectivity index (χ1n) is 10.8. The fourth-order valence-electron chi connectivity index (χ4n) is 4.11. The molecule has 3 amide bonds. The van der Waals surface area contributed by atoms with Gasteiger partial charge in [0.05, 0.1) is 17.9 Å². The third-order valence-electron chi connectivity index (χ3n) is 6.00. The molecule has 9 heteroatoms. The first-order chi connectivity index (χ1) is 15.5. The number of rotatable bonds is 7. The van der Waals surface area contributed by atoms with Crippen molar-refractivity contribution in [1.82, 2.24) is 15.1 Å². The Kier molecular flexibility index (Phi) is 7.06. The summed E-state index contributed by atoms with van der Waals surface area (Å²) in [5, 5.41) is 4.90. The number of piperazine rings is 1. The minimum Gasteiger partial charge on any atom is -0.497 e. The van der Waals surface area contributed by atoms with Crippen molar-refractivity contribution in [2.75, 3.05) is 57.8 Å². The maximum Gasteiger partial charge on any atom is 0.264 e. The van der Waals surface area contributed by atoms with Crippen molar-refractivity contribution in [3.63, 3.8) is 0 Å². The number of anilines is 1. The number of ether oxygens (including phenoxy) is 1. The molecule has 1 atom stereocenters. The molecule has 4 rings (SSSR count). The predicted octanol–water partition coefficient (Wildman–Crippen LogP) is 1.68. The number of nitrogens with one attached hydrogen (secondary N) is 1. The van der Waals surface area contributed by atoms with E-state index in [1.807, 2.05) is 46.7 Å². The summed E-state index contributed by atoms with van der Waals surface area (Å²) in [5.41, 5.74) is 0.779. The lowest BCUT2D eigenvalue weighted by Gasteiger charge is -2.34. The minimum atomic E-state index is -0.343. The van der Waals surface area contributed by atoms with E-state index in [1.165, 1.54) is 11.3 Å². The van der Waals surface area contributed by atoms with Gasteiger partial charge in [-0.2, -0.15) is 0 Å². The third-order valence-corrected chi connectivity index (χ3v) is 6.86. The van der Waals surface area contributed by atoms with Crippen LogP contribution in [-0.2, 0) is 9.59 Å². The SMILES string of the molecule is COc1ccc(N2CC(C(=O)NCCN3CCN(C(=O)c4cccs4)CC3)CC2=O)cc1. The Morgan fingerprint density at radius 3 is 2.53 bits per heavy atom. The van der Waals surface area contributed by atoms with E-state index in [4.69, 9.17) is 4.74 Å². The first-order valence-corrected chi connectivity index (χ1v) is 11.7. The van der Waals surface area contributed by atoms with Crippen LogP contribution in [0.25, 0.3) is 0 Å². The summed E-state index contributed by atoms with van der Waals surface area (Å²) in [7, 11) is 1.60. The van der Waals surface area contributed by atoms with Crippen LogP contribution in [0.1, 0.15) is 16.1 Å². The number of hydrogen-bond acceptors (Lipinski definition) is 6. The summed E-state index contributed by atoms with van der Waals surface area (Å²) in [4.78, 5) is 44.0. The normalized spacial score (nSPS) is 19.3. The zero-order valence-corrected chi connectivity index (χ0v) is 19.0. The maximum atomic E-state index is 12.6. The standard InChI is InChI=1S/C23H28N4O4S/c1-31-19-6-4-18(5-7-19)27-16-17(15-21(27)28)22(29)24-8-9-25-10-12-26(13-11-25)23(30)20-3-2-14-32-20/h2-7,14,17H,8-13,15-16H2,1H3,(H,24,29). The Labute approximate surface area is 191 Å². The number of hydrogen-bond donors (Lipinski definition) is 1. The molecule has 1 aromatic carbocycles. The van der Waals surface area contributed by atoms with Gasteiger partial charge in [0.1, 0.15) is 5.75 Å². The highest BCUT2D eigenvalue weighted by atomic mass is 32.1. The Bertz CT molecular complexity index is 939. The number of nitrogens with zero attached hydrogens (tertiary/aromatic N) is 3.